The van der Waals surface area contributed by atoms with Crippen LogP contribution >= 0.6 is 22.7 Å². The number of aromatic amines is 2. The van der Waals surface area contributed by atoms with Crippen molar-refractivity contribution in [3.05, 3.63) is 82.6 Å². The summed E-state index contributed by atoms with van der Waals surface area (Å²) in [5.74, 6) is 0. The fourth-order valence-electron chi connectivity index (χ4n) is 4.27. The van der Waals surface area contributed by atoms with Gasteiger partial charge < -0.3 is 9.97 Å². The van der Waals surface area contributed by atoms with E-state index in [1.807, 2.05) is 35.6 Å². The van der Waals surface area contributed by atoms with E-state index in [1.54, 1.807) is 22.7 Å². The van der Waals surface area contributed by atoms with Crippen molar-refractivity contribution in [2.24, 2.45) is 0 Å². The zero-order chi connectivity index (χ0) is 22.5. The Labute approximate surface area is 202 Å². The maximum Gasteiger partial charge on any atom is 0.0798 e. The predicted octanol–water partition coefficient (Wildman–Crippen LogP) is 6.90. The van der Waals surface area contributed by atoms with Gasteiger partial charge in [-0.15, -0.1) is 22.7 Å². The van der Waals surface area contributed by atoms with E-state index in [9.17, 15) is 0 Å². The molecule has 0 radical (unpaired) electrons. The van der Waals surface area contributed by atoms with E-state index in [1.165, 1.54) is 0 Å². The summed E-state index contributed by atoms with van der Waals surface area (Å²) in [7, 11) is 0. The summed E-state index contributed by atoms with van der Waals surface area (Å²) < 4.78 is 0. The van der Waals surface area contributed by atoms with Crippen molar-refractivity contribution in [3.8, 4) is 20.9 Å². The molecule has 0 unspecified atom stereocenters. The highest BCUT2D eigenvalue weighted by molar-refractivity contribution is 7.13. The smallest absolute Gasteiger partial charge is 0.0798 e. The summed E-state index contributed by atoms with van der Waals surface area (Å²) in [6.07, 6.45) is 12.0. The maximum atomic E-state index is 4.93. The maximum absolute atomic E-state index is 4.93. The molecule has 2 aliphatic heterocycles. The highest BCUT2D eigenvalue weighted by atomic mass is 32.1. The van der Waals surface area contributed by atoms with Crippen molar-refractivity contribution in [1.82, 2.24) is 29.9 Å². The Morgan fingerprint density at radius 2 is 1.09 bits per heavy atom. The minimum absolute atomic E-state index is 0.893. The number of rotatable bonds is 2. The van der Waals surface area contributed by atoms with Crippen molar-refractivity contribution in [1.29, 1.82) is 0 Å². The second-order valence-corrected chi connectivity index (χ2v) is 9.71. The molecular weight excluding hydrogens is 460 g/mol. The van der Waals surface area contributed by atoms with Gasteiger partial charge in [0.05, 0.1) is 43.6 Å². The van der Waals surface area contributed by atoms with E-state index >= 15 is 0 Å². The van der Waals surface area contributed by atoms with Crippen LogP contribution in [0.2, 0.25) is 0 Å². The Kier molecular flexibility index (Phi) is 4.39. The van der Waals surface area contributed by atoms with Gasteiger partial charge in [0.1, 0.15) is 0 Å². The molecule has 2 aliphatic rings. The zero-order valence-corrected chi connectivity index (χ0v) is 19.3. The summed E-state index contributed by atoms with van der Waals surface area (Å²) in [4.78, 5) is 27.7. The average Bonchev–Trinajstić information content (AvgIpc) is 3.67. The monoisotopic (exact) mass is 476 g/mol. The molecule has 0 saturated carbocycles. The number of aromatic nitrogens is 6. The van der Waals surface area contributed by atoms with Gasteiger partial charge in [-0.1, -0.05) is 0 Å². The molecule has 0 spiro atoms. The largest absolute Gasteiger partial charge is 0.355 e. The van der Waals surface area contributed by atoms with Gasteiger partial charge in [-0.2, -0.15) is 0 Å². The highest BCUT2D eigenvalue weighted by Crippen LogP contribution is 2.34. The van der Waals surface area contributed by atoms with Crippen LogP contribution in [-0.4, -0.2) is 29.9 Å². The molecule has 0 amide bonds. The number of fused-ring (bicyclic) bond motifs is 8. The number of hydrogen-bond acceptors (Lipinski definition) is 6. The van der Waals surface area contributed by atoms with Crippen molar-refractivity contribution in [2.75, 3.05) is 0 Å². The number of H-pyrrole nitrogens is 2. The Morgan fingerprint density at radius 3 is 1.53 bits per heavy atom. The van der Waals surface area contributed by atoms with Crippen molar-refractivity contribution >= 4 is 69.0 Å². The van der Waals surface area contributed by atoms with Crippen LogP contribution in [-0.2, 0) is 0 Å². The van der Waals surface area contributed by atoms with Crippen LogP contribution in [0.15, 0.2) is 59.8 Å². The van der Waals surface area contributed by atoms with E-state index in [2.05, 4.69) is 68.5 Å². The highest BCUT2D eigenvalue weighted by Gasteiger charge is 2.14. The standard InChI is InChI=1S/C26H16N6S2/c1-5-19-25(23-11-27-13-33-23)20-7-3-17(31-20)10-18-4-8-22(32-18)26(24-12-28-14-34-24)21-6-2-16(30-21)9-15(1)29-19/h1-14,29,32H. The quantitative estimate of drug-likeness (QED) is 0.284. The Hall–Kier alpha value is -4.14. The van der Waals surface area contributed by atoms with Gasteiger partial charge in [0, 0.05) is 45.6 Å². The van der Waals surface area contributed by atoms with Gasteiger partial charge in [-0.25, -0.2) is 9.97 Å². The van der Waals surface area contributed by atoms with Gasteiger partial charge in [-0.3, -0.25) is 9.97 Å². The SMILES string of the molecule is C1=Cc2nc1cc1ccc([nH]1)c(-c1cncs1)c1nc(cc3ccc([nH]3)c2-c2cncs2)C=C1. The first-order valence-electron chi connectivity index (χ1n) is 10.7. The summed E-state index contributed by atoms with van der Waals surface area (Å²) in [5, 5.41) is 0. The molecule has 8 bridgehead atoms. The average molecular weight is 477 g/mol. The summed E-state index contributed by atoms with van der Waals surface area (Å²) in [6.45, 7) is 0. The third-order valence-electron chi connectivity index (χ3n) is 5.76. The molecule has 0 saturated heterocycles. The van der Waals surface area contributed by atoms with E-state index < -0.39 is 0 Å². The van der Waals surface area contributed by atoms with Crippen LogP contribution < -0.4 is 0 Å². The fraction of sp³-hybridized carbons (Fsp3) is 0. The fourth-order valence-corrected chi connectivity index (χ4v) is 5.65. The summed E-state index contributed by atoms with van der Waals surface area (Å²) >= 11 is 3.21. The normalized spacial score (nSPS) is 12.5. The molecule has 7 heterocycles. The topological polar surface area (TPSA) is 83.1 Å². The first-order chi connectivity index (χ1) is 16.8. The zero-order valence-electron chi connectivity index (χ0n) is 17.7. The van der Waals surface area contributed by atoms with Crippen molar-refractivity contribution < 1.29 is 0 Å². The first kappa shape index (κ1) is 19.3. The van der Waals surface area contributed by atoms with Crippen molar-refractivity contribution in [2.45, 2.75) is 0 Å². The molecule has 0 fully saturated rings. The minimum Gasteiger partial charge on any atom is -0.355 e. The number of nitrogens with zero attached hydrogens (tertiary/aromatic N) is 4. The summed E-state index contributed by atoms with van der Waals surface area (Å²) in [6, 6.07) is 12.4. The minimum atomic E-state index is 0.893. The summed E-state index contributed by atoms with van der Waals surface area (Å²) in [5.41, 5.74) is 13.3. The Bertz CT molecular complexity index is 1620. The molecule has 5 aromatic heterocycles. The number of hydrogen-bond donors (Lipinski definition) is 2. The molecule has 0 atom stereocenters. The Balaban J connectivity index is 1.60. The molecule has 34 heavy (non-hydrogen) atoms. The molecule has 7 rings (SSSR count). The molecule has 162 valence electrons. The second-order valence-electron chi connectivity index (χ2n) is 7.94. The molecular formula is C26H16N6S2. The Morgan fingerprint density at radius 1 is 0.588 bits per heavy atom. The van der Waals surface area contributed by atoms with Gasteiger partial charge in [0.25, 0.3) is 0 Å². The lowest BCUT2D eigenvalue weighted by atomic mass is 10.1. The molecule has 2 N–H and O–H groups in total. The molecule has 8 heteroatoms. The lowest BCUT2D eigenvalue weighted by molar-refractivity contribution is 1.31. The molecule has 0 aliphatic carbocycles. The van der Waals surface area contributed by atoms with Crippen LogP contribution in [0.3, 0.4) is 0 Å². The lowest BCUT2D eigenvalue weighted by Crippen LogP contribution is -1.83. The van der Waals surface area contributed by atoms with E-state index in [4.69, 9.17) is 9.97 Å². The van der Waals surface area contributed by atoms with Crippen LogP contribution in [0.5, 0.6) is 0 Å². The van der Waals surface area contributed by atoms with E-state index in [0.29, 0.717) is 0 Å². The number of thiazole rings is 2. The third kappa shape index (κ3) is 3.32. The van der Waals surface area contributed by atoms with Gasteiger partial charge in [0.2, 0.25) is 0 Å². The van der Waals surface area contributed by atoms with Crippen LogP contribution in [0, 0.1) is 0 Å². The van der Waals surface area contributed by atoms with Crippen LogP contribution in [0.4, 0.5) is 0 Å². The lowest BCUT2D eigenvalue weighted by Gasteiger charge is -1.99. The van der Waals surface area contributed by atoms with Gasteiger partial charge in [0.15, 0.2) is 0 Å². The molecule has 6 nitrogen and oxygen atoms in total. The molecule has 0 aromatic carbocycles. The van der Waals surface area contributed by atoms with E-state index in [-0.39, 0.29) is 0 Å². The van der Waals surface area contributed by atoms with E-state index in [0.717, 1.165) is 65.7 Å². The number of nitrogens with one attached hydrogen (secondary N) is 2. The van der Waals surface area contributed by atoms with Gasteiger partial charge in [-0.05, 0) is 60.7 Å². The second kappa shape index (κ2) is 7.72. The first-order valence-corrected chi connectivity index (χ1v) is 12.4. The third-order valence-corrected chi connectivity index (χ3v) is 7.34. The predicted molar refractivity (Wildman–Crippen MR) is 141 cm³/mol. The van der Waals surface area contributed by atoms with Crippen LogP contribution in [0.1, 0.15) is 22.8 Å². The van der Waals surface area contributed by atoms with Crippen LogP contribution in [0.25, 0.3) is 67.3 Å². The van der Waals surface area contributed by atoms with Crippen molar-refractivity contribution in [3.63, 3.8) is 0 Å². The van der Waals surface area contributed by atoms with Gasteiger partial charge >= 0.3 is 0 Å². The molecule has 5 aromatic rings.